The predicted octanol–water partition coefficient (Wildman–Crippen LogP) is 24.3. The lowest BCUT2D eigenvalue weighted by Gasteiger charge is -2.13. The summed E-state index contributed by atoms with van der Waals surface area (Å²) in [5.41, 5.74) is 29.3. The van der Waals surface area contributed by atoms with Crippen LogP contribution >= 0.6 is 0 Å². The maximum Gasteiger partial charge on any atom is 0.0886 e. The van der Waals surface area contributed by atoms with Gasteiger partial charge in [-0.1, -0.05) is 261 Å². The van der Waals surface area contributed by atoms with Crippen LogP contribution in [0.4, 0.5) is 0 Å². The Morgan fingerprint density at radius 2 is 0.480 bits per heavy atom. The molecule has 0 unspecified atom stereocenters. The maximum atomic E-state index is 5.03. The summed E-state index contributed by atoms with van der Waals surface area (Å²) < 4.78 is 0. The predicted molar refractivity (Wildman–Crippen MR) is 422 cm³/mol. The summed E-state index contributed by atoms with van der Waals surface area (Å²) in [5, 5.41) is 3.39. The highest BCUT2D eigenvalue weighted by Crippen LogP contribution is 2.40. The Morgan fingerprint density at radius 1 is 0.157 bits per heavy atom. The Labute approximate surface area is 593 Å². The second-order valence-electron chi connectivity index (χ2n) is 24.8. The Bertz CT molecular complexity index is 5610. The first-order valence-corrected chi connectivity index (χ1v) is 34.1. The monoisotopic (exact) mass is 1300 g/mol. The molecule has 0 amide bonds. The molecule has 0 fully saturated rings. The van der Waals surface area contributed by atoms with Crippen molar-refractivity contribution in [3.05, 3.63) is 395 Å². The van der Waals surface area contributed by atoms with Gasteiger partial charge in [-0.15, -0.1) is 0 Å². The number of benzene rings is 11. The first kappa shape index (κ1) is 63.0. The van der Waals surface area contributed by atoms with Gasteiger partial charge in [0.2, 0.25) is 0 Å². The van der Waals surface area contributed by atoms with Crippen molar-refractivity contribution >= 4 is 32.7 Å². The highest BCUT2D eigenvalue weighted by atomic mass is 14.8. The molecule has 11 aromatic carbocycles. The standard InChI is InChI=1S/2C32H22N2.C31H21N3/c1-3-10-23(11-4-1)25-17-18-31-29(21-25)28(22-32(34-31)24-12-5-2-6-13-24)26-14-9-15-27(20-26)30-16-7-8-19-33-30;1-3-7-23(8-4-1)28-15-16-31-30(21-28)29(22-32(34-31)27-9-5-2-6-10-27)26-13-11-24(12-14-26)25-17-19-33-20-18-25;1-3-9-22(10-4-1)24-14-16-28-27(19-24)26(20-31(34-28)23-11-5-2-6-12-23)25-15-17-30(33-21-25)29-13-7-8-18-32-29/h2*1-22H;1-21H. The van der Waals surface area contributed by atoms with Crippen LogP contribution < -0.4 is 0 Å². The van der Waals surface area contributed by atoms with Gasteiger partial charge in [-0.05, 0) is 175 Å². The van der Waals surface area contributed by atoms with Gasteiger partial charge in [0.25, 0.3) is 0 Å². The zero-order valence-electron chi connectivity index (χ0n) is 55.7. The summed E-state index contributed by atoms with van der Waals surface area (Å²) in [7, 11) is 0. The number of hydrogen-bond acceptors (Lipinski definition) is 7. The lowest BCUT2D eigenvalue weighted by Crippen LogP contribution is -1.92. The minimum atomic E-state index is 0.857. The molecule has 0 bridgehead atoms. The van der Waals surface area contributed by atoms with Crippen LogP contribution in [0.25, 0.3) is 167 Å². The summed E-state index contributed by atoms with van der Waals surface area (Å²) in [4.78, 5) is 32.9. The summed E-state index contributed by atoms with van der Waals surface area (Å²) in [6.45, 7) is 0. The van der Waals surface area contributed by atoms with Gasteiger partial charge < -0.3 is 0 Å². The third kappa shape index (κ3) is 14.0. The fourth-order valence-corrected chi connectivity index (χ4v) is 13.1. The average molecular weight is 1300 g/mol. The zero-order valence-corrected chi connectivity index (χ0v) is 55.7. The van der Waals surface area contributed by atoms with E-state index in [1.54, 1.807) is 6.20 Å². The van der Waals surface area contributed by atoms with Gasteiger partial charge in [0.05, 0.1) is 50.7 Å². The Kier molecular flexibility index (Phi) is 18.2. The topological polar surface area (TPSA) is 90.2 Å². The zero-order chi connectivity index (χ0) is 68.2. The maximum absolute atomic E-state index is 5.03. The van der Waals surface area contributed by atoms with Gasteiger partial charge in [-0.3, -0.25) is 19.9 Å². The van der Waals surface area contributed by atoms with E-state index in [1.807, 2.05) is 128 Å². The highest BCUT2D eigenvalue weighted by molar-refractivity contribution is 6.02. The van der Waals surface area contributed by atoms with Crippen LogP contribution in [0.1, 0.15) is 0 Å². The van der Waals surface area contributed by atoms with Crippen LogP contribution in [0.5, 0.6) is 0 Å². The van der Waals surface area contributed by atoms with E-state index in [1.165, 1.54) is 55.6 Å². The van der Waals surface area contributed by atoms with Crippen LogP contribution in [0.15, 0.2) is 395 Å². The molecular weight excluding hydrogens is 1240 g/mol. The second-order valence-corrected chi connectivity index (χ2v) is 24.8. The number of fused-ring (bicyclic) bond motifs is 3. The van der Waals surface area contributed by atoms with E-state index >= 15 is 0 Å². The summed E-state index contributed by atoms with van der Waals surface area (Å²) in [6.07, 6.45) is 9.22. The molecule has 0 atom stereocenters. The van der Waals surface area contributed by atoms with E-state index in [9.17, 15) is 0 Å². The normalized spacial score (nSPS) is 10.9. The molecule has 7 aromatic heterocycles. The van der Waals surface area contributed by atoms with Crippen LogP contribution in [-0.4, -0.2) is 34.9 Å². The van der Waals surface area contributed by atoms with Crippen molar-refractivity contribution in [1.29, 1.82) is 0 Å². The Balaban J connectivity index is 0.000000118. The largest absolute Gasteiger partial charge is 0.265 e. The van der Waals surface area contributed by atoms with E-state index in [-0.39, 0.29) is 0 Å². The summed E-state index contributed by atoms with van der Waals surface area (Å²) >= 11 is 0. The number of pyridine rings is 7. The molecule has 0 aliphatic carbocycles. The molecule has 0 aliphatic rings. The molecule has 0 radical (unpaired) electrons. The molecule has 0 aliphatic heterocycles. The van der Waals surface area contributed by atoms with Crippen molar-refractivity contribution in [1.82, 2.24) is 34.9 Å². The minimum Gasteiger partial charge on any atom is -0.265 e. The SMILES string of the molecule is c1ccc(-c2ccc3nc(-c4ccccc4)cc(-c4ccc(-c5ccccn5)nc4)c3c2)cc1.c1ccc(-c2ccc3nc(-c4ccccc4)cc(-c4ccc(-c5ccncc5)cc4)c3c2)cc1.c1ccc(-c2ccc3nc(-c4ccccc4)cc(-c4cccc(-c5ccccn5)c4)c3c2)cc1. The molecule has 102 heavy (non-hydrogen) atoms. The van der Waals surface area contributed by atoms with Gasteiger partial charge >= 0.3 is 0 Å². The molecule has 18 rings (SSSR count). The van der Waals surface area contributed by atoms with E-state index in [2.05, 4.69) is 276 Å². The quantitative estimate of drug-likeness (QED) is 0.120. The Morgan fingerprint density at radius 3 is 0.892 bits per heavy atom. The third-order valence-electron chi connectivity index (χ3n) is 18.3. The van der Waals surface area contributed by atoms with Gasteiger partial charge in [0.1, 0.15) is 0 Å². The minimum absolute atomic E-state index is 0.857. The van der Waals surface area contributed by atoms with Gasteiger partial charge in [0, 0.05) is 75.0 Å². The smallest absolute Gasteiger partial charge is 0.0886 e. The van der Waals surface area contributed by atoms with Crippen LogP contribution in [0.3, 0.4) is 0 Å². The summed E-state index contributed by atoms with van der Waals surface area (Å²) in [5.74, 6) is 0. The van der Waals surface area contributed by atoms with Crippen molar-refractivity contribution in [2.24, 2.45) is 0 Å². The van der Waals surface area contributed by atoms with Crippen LogP contribution in [0.2, 0.25) is 0 Å². The van der Waals surface area contributed by atoms with E-state index in [4.69, 9.17) is 19.9 Å². The molecule has 480 valence electrons. The van der Waals surface area contributed by atoms with Crippen LogP contribution in [0, 0.1) is 0 Å². The fraction of sp³-hybridized carbons (Fsp3) is 0. The number of aromatic nitrogens is 7. The first-order valence-electron chi connectivity index (χ1n) is 34.1. The molecule has 7 nitrogen and oxygen atoms in total. The molecule has 18 aromatic rings. The molecule has 0 saturated heterocycles. The molecule has 0 saturated carbocycles. The molecule has 7 heterocycles. The van der Waals surface area contributed by atoms with Crippen molar-refractivity contribution < 1.29 is 0 Å². The average Bonchev–Trinajstić information content (AvgIpc) is 0.782. The number of nitrogens with zero attached hydrogens (tertiary/aromatic N) is 7. The molecular formula is C95H65N7. The van der Waals surface area contributed by atoms with Crippen molar-refractivity contribution in [2.75, 3.05) is 0 Å². The fourth-order valence-electron chi connectivity index (χ4n) is 13.1. The lowest BCUT2D eigenvalue weighted by molar-refractivity contribution is 1.25. The molecule has 0 N–H and O–H groups in total. The molecule has 7 heteroatoms. The number of rotatable bonds is 12. The van der Waals surface area contributed by atoms with Crippen molar-refractivity contribution in [3.8, 4) is 134 Å². The highest BCUT2D eigenvalue weighted by Gasteiger charge is 2.17. The van der Waals surface area contributed by atoms with E-state index < -0.39 is 0 Å². The van der Waals surface area contributed by atoms with E-state index in [0.29, 0.717) is 0 Å². The third-order valence-corrected chi connectivity index (χ3v) is 18.3. The van der Waals surface area contributed by atoms with Crippen molar-refractivity contribution in [2.45, 2.75) is 0 Å². The second kappa shape index (κ2) is 29.5. The van der Waals surface area contributed by atoms with Gasteiger partial charge in [0.15, 0.2) is 0 Å². The lowest BCUT2D eigenvalue weighted by atomic mass is 9.94. The van der Waals surface area contributed by atoms with Crippen LogP contribution in [-0.2, 0) is 0 Å². The molecule has 0 spiro atoms. The van der Waals surface area contributed by atoms with E-state index in [0.717, 1.165) is 111 Å². The first-order chi connectivity index (χ1) is 50.5. The van der Waals surface area contributed by atoms with Gasteiger partial charge in [-0.2, -0.15) is 0 Å². The van der Waals surface area contributed by atoms with Gasteiger partial charge in [-0.25, -0.2) is 15.0 Å². The summed E-state index contributed by atoms with van der Waals surface area (Å²) in [6, 6.07) is 126. The number of hydrogen-bond donors (Lipinski definition) is 0. The Hall–Kier alpha value is -13.8. The van der Waals surface area contributed by atoms with Crippen molar-refractivity contribution in [3.63, 3.8) is 0 Å².